The standard InChI is InChI=1S/C16H17N3/c1-12-8-10-18-16-15(12)13(7-9-17)11-19(16)14-5-3-2-4-6-14/h2-6,8,10-11H,7,9,17H2,1H3. The van der Waals surface area contributed by atoms with Crippen molar-refractivity contribution in [3.63, 3.8) is 0 Å². The normalized spacial score (nSPS) is 11.1. The van der Waals surface area contributed by atoms with Crippen molar-refractivity contribution in [2.45, 2.75) is 13.3 Å². The van der Waals surface area contributed by atoms with Crippen LogP contribution >= 0.6 is 0 Å². The summed E-state index contributed by atoms with van der Waals surface area (Å²) >= 11 is 0. The van der Waals surface area contributed by atoms with Crippen LogP contribution in [0.3, 0.4) is 0 Å². The van der Waals surface area contributed by atoms with Crippen LogP contribution in [0, 0.1) is 6.92 Å². The maximum atomic E-state index is 5.72. The summed E-state index contributed by atoms with van der Waals surface area (Å²) in [5.74, 6) is 0. The summed E-state index contributed by atoms with van der Waals surface area (Å²) in [7, 11) is 0. The summed E-state index contributed by atoms with van der Waals surface area (Å²) in [5, 5.41) is 1.23. The van der Waals surface area contributed by atoms with Crippen molar-refractivity contribution < 1.29 is 0 Å². The summed E-state index contributed by atoms with van der Waals surface area (Å²) in [4.78, 5) is 4.54. The highest BCUT2D eigenvalue weighted by atomic mass is 15.0. The SMILES string of the molecule is Cc1ccnc2c1c(CCN)cn2-c1ccccc1. The Morgan fingerprint density at radius 1 is 1.16 bits per heavy atom. The van der Waals surface area contributed by atoms with Gasteiger partial charge in [-0.05, 0) is 49.2 Å². The fraction of sp³-hybridized carbons (Fsp3) is 0.188. The maximum Gasteiger partial charge on any atom is 0.144 e. The molecule has 2 aromatic heterocycles. The Morgan fingerprint density at radius 3 is 2.68 bits per heavy atom. The molecule has 0 atom stereocenters. The number of hydrogen-bond donors (Lipinski definition) is 1. The van der Waals surface area contributed by atoms with Crippen LogP contribution in [0.2, 0.25) is 0 Å². The predicted molar refractivity (Wildman–Crippen MR) is 78.6 cm³/mol. The van der Waals surface area contributed by atoms with E-state index in [0.717, 1.165) is 17.8 Å². The maximum absolute atomic E-state index is 5.72. The summed E-state index contributed by atoms with van der Waals surface area (Å²) in [5.41, 5.74) is 10.4. The zero-order valence-corrected chi connectivity index (χ0v) is 11.0. The second-order valence-corrected chi connectivity index (χ2v) is 4.73. The lowest BCUT2D eigenvalue weighted by Gasteiger charge is -2.04. The first-order valence-corrected chi connectivity index (χ1v) is 6.52. The van der Waals surface area contributed by atoms with E-state index < -0.39 is 0 Å². The van der Waals surface area contributed by atoms with E-state index in [0.29, 0.717) is 6.54 Å². The average molecular weight is 251 g/mol. The number of para-hydroxylation sites is 1. The Bertz CT molecular complexity index is 699. The van der Waals surface area contributed by atoms with Gasteiger partial charge in [0.2, 0.25) is 0 Å². The molecule has 2 N–H and O–H groups in total. The van der Waals surface area contributed by atoms with Crippen molar-refractivity contribution in [3.05, 3.63) is 59.9 Å². The van der Waals surface area contributed by atoms with E-state index in [4.69, 9.17) is 5.73 Å². The summed E-state index contributed by atoms with van der Waals surface area (Å²) in [6, 6.07) is 12.3. The van der Waals surface area contributed by atoms with Crippen LogP contribution in [0.4, 0.5) is 0 Å². The number of aromatic nitrogens is 2. The molecule has 96 valence electrons. The number of benzene rings is 1. The minimum atomic E-state index is 0.655. The van der Waals surface area contributed by atoms with Gasteiger partial charge in [0.25, 0.3) is 0 Å². The number of pyridine rings is 1. The Morgan fingerprint density at radius 2 is 1.95 bits per heavy atom. The molecule has 1 aromatic carbocycles. The minimum absolute atomic E-state index is 0.655. The van der Waals surface area contributed by atoms with Crippen molar-refractivity contribution >= 4 is 11.0 Å². The summed E-state index contributed by atoms with van der Waals surface area (Å²) in [6.07, 6.45) is 4.90. The largest absolute Gasteiger partial charge is 0.330 e. The van der Waals surface area contributed by atoms with Gasteiger partial charge >= 0.3 is 0 Å². The molecule has 0 bridgehead atoms. The van der Waals surface area contributed by atoms with Crippen LogP contribution in [0.5, 0.6) is 0 Å². The van der Waals surface area contributed by atoms with Gasteiger partial charge in [-0.3, -0.25) is 0 Å². The molecule has 0 aliphatic carbocycles. The monoisotopic (exact) mass is 251 g/mol. The van der Waals surface area contributed by atoms with E-state index >= 15 is 0 Å². The smallest absolute Gasteiger partial charge is 0.144 e. The van der Waals surface area contributed by atoms with Gasteiger partial charge in [0.1, 0.15) is 5.65 Å². The molecule has 0 unspecified atom stereocenters. The van der Waals surface area contributed by atoms with E-state index in [-0.39, 0.29) is 0 Å². The van der Waals surface area contributed by atoms with Crippen LogP contribution in [-0.2, 0) is 6.42 Å². The van der Waals surface area contributed by atoms with Crippen molar-refractivity contribution in [2.24, 2.45) is 5.73 Å². The number of rotatable bonds is 3. The lowest BCUT2D eigenvalue weighted by molar-refractivity contribution is 0.966. The molecule has 0 saturated carbocycles. The zero-order valence-electron chi connectivity index (χ0n) is 11.0. The third-order valence-corrected chi connectivity index (χ3v) is 3.42. The second kappa shape index (κ2) is 4.86. The fourth-order valence-electron chi connectivity index (χ4n) is 2.54. The number of nitrogens with two attached hydrogens (primary N) is 1. The number of fused-ring (bicyclic) bond motifs is 1. The molecule has 0 saturated heterocycles. The second-order valence-electron chi connectivity index (χ2n) is 4.73. The first kappa shape index (κ1) is 11.9. The molecule has 0 fully saturated rings. The zero-order chi connectivity index (χ0) is 13.2. The van der Waals surface area contributed by atoms with Crippen molar-refractivity contribution in [1.29, 1.82) is 0 Å². The van der Waals surface area contributed by atoms with Crippen LogP contribution in [-0.4, -0.2) is 16.1 Å². The molecule has 0 aliphatic heterocycles. The van der Waals surface area contributed by atoms with Gasteiger partial charge in [-0.2, -0.15) is 0 Å². The van der Waals surface area contributed by atoms with E-state index in [1.807, 2.05) is 24.4 Å². The van der Waals surface area contributed by atoms with Gasteiger partial charge in [0, 0.05) is 23.5 Å². The van der Waals surface area contributed by atoms with Gasteiger partial charge in [-0.25, -0.2) is 4.98 Å². The van der Waals surface area contributed by atoms with Crippen molar-refractivity contribution in [3.8, 4) is 5.69 Å². The van der Waals surface area contributed by atoms with Gasteiger partial charge in [-0.15, -0.1) is 0 Å². The molecular formula is C16H17N3. The minimum Gasteiger partial charge on any atom is -0.330 e. The highest BCUT2D eigenvalue weighted by Gasteiger charge is 2.12. The summed E-state index contributed by atoms with van der Waals surface area (Å²) in [6.45, 7) is 2.78. The van der Waals surface area contributed by atoms with Crippen LogP contribution in [0.25, 0.3) is 16.7 Å². The molecule has 0 radical (unpaired) electrons. The van der Waals surface area contributed by atoms with Crippen molar-refractivity contribution in [1.82, 2.24) is 9.55 Å². The quantitative estimate of drug-likeness (QED) is 0.778. The van der Waals surface area contributed by atoms with Crippen LogP contribution < -0.4 is 5.73 Å². The third-order valence-electron chi connectivity index (χ3n) is 3.42. The van der Waals surface area contributed by atoms with Crippen molar-refractivity contribution in [2.75, 3.05) is 6.54 Å². The molecule has 0 amide bonds. The number of aryl methyl sites for hydroxylation is 1. The molecule has 2 heterocycles. The van der Waals surface area contributed by atoms with Crippen LogP contribution in [0.1, 0.15) is 11.1 Å². The molecule has 3 nitrogen and oxygen atoms in total. The lowest BCUT2D eigenvalue weighted by Crippen LogP contribution is -2.02. The van der Waals surface area contributed by atoms with Gasteiger partial charge < -0.3 is 10.3 Å². The molecule has 0 aliphatic rings. The fourth-order valence-corrected chi connectivity index (χ4v) is 2.54. The van der Waals surface area contributed by atoms with Gasteiger partial charge in [-0.1, -0.05) is 18.2 Å². The predicted octanol–water partition coefficient (Wildman–Crippen LogP) is 2.84. The lowest BCUT2D eigenvalue weighted by atomic mass is 10.1. The molecule has 19 heavy (non-hydrogen) atoms. The molecule has 3 heteroatoms. The van der Waals surface area contributed by atoms with Gasteiger partial charge in [0.15, 0.2) is 0 Å². The molecular weight excluding hydrogens is 234 g/mol. The van der Waals surface area contributed by atoms with Gasteiger partial charge in [0.05, 0.1) is 0 Å². The first-order chi connectivity index (χ1) is 9.31. The highest BCUT2D eigenvalue weighted by Crippen LogP contribution is 2.26. The average Bonchev–Trinajstić information content (AvgIpc) is 2.81. The summed E-state index contributed by atoms with van der Waals surface area (Å²) < 4.78 is 2.15. The Labute approximate surface area is 112 Å². The molecule has 3 aromatic rings. The molecule has 3 rings (SSSR count). The molecule has 0 spiro atoms. The Hall–Kier alpha value is -2.13. The number of nitrogens with zero attached hydrogens (tertiary/aromatic N) is 2. The Kier molecular flexibility index (Phi) is 3.05. The topological polar surface area (TPSA) is 43.8 Å². The third kappa shape index (κ3) is 2.02. The van der Waals surface area contributed by atoms with E-state index in [2.05, 4.69) is 40.9 Å². The Balaban J connectivity index is 2.29. The van der Waals surface area contributed by atoms with Crippen LogP contribution in [0.15, 0.2) is 48.8 Å². The number of hydrogen-bond acceptors (Lipinski definition) is 2. The van der Waals surface area contributed by atoms with E-state index in [1.54, 1.807) is 0 Å². The van der Waals surface area contributed by atoms with E-state index in [1.165, 1.54) is 16.5 Å². The first-order valence-electron chi connectivity index (χ1n) is 6.52. The van der Waals surface area contributed by atoms with E-state index in [9.17, 15) is 0 Å². The highest BCUT2D eigenvalue weighted by molar-refractivity contribution is 5.85.